The van der Waals surface area contributed by atoms with Crippen LogP contribution in [-0.2, 0) is 9.53 Å². The van der Waals surface area contributed by atoms with Crippen LogP contribution >= 0.6 is 15.9 Å². The smallest absolute Gasteiger partial charge is 0.366 e. The number of halogens is 1. The minimum atomic E-state index is -1.21. The van der Waals surface area contributed by atoms with E-state index in [0.717, 1.165) is 6.26 Å². The molecule has 1 aromatic carbocycles. The van der Waals surface area contributed by atoms with Crippen LogP contribution in [0.1, 0.15) is 6.92 Å². The summed E-state index contributed by atoms with van der Waals surface area (Å²) in [6.07, 6.45) is 1.07. The molecule has 80 valence electrons. The maximum Gasteiger partial charge on any atom is 0.366 e. The summed E-state index contributed by atoms with van der Waals surface area (Å²) in [6.45, 7) is 4.86. The van der Waals surface area contributed by atoms with Gasteiger partial charge in [-0.2, -0.15) is 0 Å². The lowest BCUT2D eigenvalue weighted by Crippen LogP contribution is -2.35. The highest BCUT2D eigenvalue weighted by molar-refractivity contribution is 9.10. The summed E-state index contributed by atoms with van der Waals surface area (Å²) in [5.74, 6) is 0.0271. The van der Waals surface area contributed by atoms with Gasteiger partial charge in [0.05, 0.1) is 6.26 Å². The Bertz CT molecular complexity index is 346. The zero-order valence-corrected chi connectivity index (χ0v) is 9.86. The molecule has 0 heterocycles. The Morgan fingerprint density at radius 2 is 2.07 bits per heavy atom. The Morgan fingerprint density at radius 1 is 1.47 bits per heavy atom. The van der Waals surface area contributed by atoms with Gasteiger partial charge in [-0.3, -0.25) is 0 Å². The molecule has 0 aliphatic rings. The van der Waals surface area contributed by atoms with Gasteiger partial charge in [0, 0.05) is 0 Å². The Balaban J connectivity index is 2.72. The van der Waals surface area contributed by atoms with E-state index in [9.17, 15) is 4.79 Å². The lowest BCUT2D eigenvalue weighted by molar-refractivity contribution is -0.147. The van der Waals surface area contributed by atoms with Crippen molar-refractivity contribution in [1.29, 1.82) is 0 Å². The quantitative estimate of drug-likeness (QED) is 0.480. The maximum absolute atomic E-state index is 11.4. The Labute approximate surface area is 96.8 Å². The van der Waals surface area contributed by atoms with Crippen molar-refractivity contribution in [3.63, 3.8) is 0 Å². The Kier molecular flexibility index (Phi) is 3.91. The van der Waals surface area contributed by atoms with E-state index in [0.29, 0.717) is 5.75 Å². The fraction of sp³-hybridized carbons (Fsp3) is 0.182. The van der Waals surface area contributed by atoms with E-state index in [1.165, 1.54) is 0 Å². The van der Waals surface area contributed by atoms with Crippen LogP contribution in [0.4, 0.5) is 0 Å². The van der Waals surface area contributed by atoms with Gasteiger partial charge in [0.15, 0.2) is 0 Å². The third-order valence-electron chi connectivity index (χ3n) is 1.61. The molecule has 0 aromatic heterocycles. The molecule has 0 radical (unpaired) electrons. The number of hydrogen-bond acceptors (Lipinski definition) is 3. The molecule has 1 rings (SSSR count). The van der Waals surface area contributed by atoms with Gasteiger partial charge in [0.25, 0.3) is 4.51 Å². The lowest BCUT2D eigenvalue weighted by atomic mass is 10.3. The van der Waals surface area contributed by atoms with Gasteiger partial charge in [-0.05, 0) is 35.0 Å². The molecule has 15 heavy (non-hydrogen) atoms. The van der Waals surface area contributed by atoms with E-state index >= 15 is 0 Å². The summed E-state index contributed by atoms with van der Waals surface area (Å²) >= 11 is 3.14. The molecule has 0 saturated heterocycles. The van der Waals surface area contributed by atoms with Gasteiger partial charge in [-0.25, -0.2) is 4.79 Å². The summed E-state index contributed by atoms with van der Waals surface area (Å²) in [4.78, 5) is 11.4. The van der Waals surface area contributed by atoms with Gasteiger partial charge in [-0.1, -0.05) is 24.8 Å². The molecule has 3 nitrogen and oxygen atoms in total. The summed E-state index contributed by atoms with van der Waals surface area (Å²) in [6, 6.07) is 9.00. The molecule has 4 heteroatoms. The number of esters is 1. The predicted octanol–water partition coefficient (Wildman–Crippen LogP) is 2.86. The number of carbonyl (C=O) groups excluding carboxylic acids is 1. The van der Waals surface area contributed by atoms with Crippen molar-refractivity contribution < 1.29 is 14.3 Å². The van der Waals surface area contributed by atoms with Crippen LogP contribution in [-0.4, -0.2) is 10.5 Å². The maximum atomic E-state index is 11.4. The molecule has 0 bridgehead atoms. The second-order valence-electron chi connectivity index (χ2n) is 2.90. The number of hydrogen-bond donors (Lipinski definition) is 0. The number of alkyl halides is 1. The zero-order chi connectivity index (χ0) is 11.3. The number of rotatable bonds is 4. The van der Waals surface area contributed by atoms with Crippen LogP contribution in [0.2, 0.25) is 0 Å². The number of carbonyl (C=O) groups is 1. The van der Waals surface area contributed by atoms with Crippen molar-refractivity contribution in [2.75, 3.05) is 0 Å². The van der Waals surface area contributed by atoms with Crippen molar-refractivity contribution in [2.45, 2.75) is 11.4 Å². The van der Waals surface area contributed by atoms with Crippen LogP contribution in [0.5, 0.6) is 5.75 Å². The fourth-order valence-electron chi connectivity index (χ4n) is 0.932. The van der Waals surface area contributed by atoms with Crippen molar-refractivity contribution >= 4 is 21.9 Å². The summed E-state index contributed by atoms with van der Waals surface area (Å²) in [7, 11) is 0. The van der Waals surface area contributed by atoms with Gasteiger partial charge < -0.3 is 9.47 Å². The Hall–Kier alpha value is -1.29. The molecule has 0 amide bonds. The third-order valence-corrected chi connectivity index (χ3v) is 2.09. The van der Waals surface area contributed by atoms with Crippen molar-refractivity contribution in [1.82, 2.24) is 0 Å². The van der Waals surface area contributed by atoms with Gasteiger partial charge in [0.1, 0.15) is 5.75 Å². The SMILES string of the molecule is C=COC(=O)C(C)(Br)Oc1ccccc1. The summed E-state index contributed by atoms with van der Waals surface area (Å²) in [5.41, 5.74) is 0. The normalized spacial score (nSPS) is 13.7. The van der Waals surface area contributed by atoms with Crippen LogP contribution in [0.15, 0.2) is 43.2 Å². The molecule has 0 fully saturated rings. The van der Waals surface area contributed by atoms with Crippen LogP contribution in [0, 0.1) is 0 Å². The third kappa shape index (κ3) is 3.40. The molecular formula is C11H11BrO3. The highest BCUT2D eigenvalue weighted by Gasteiger charge is 2.33. The van der Waals surface area contributed by atoms with E-state index in [2.05, 4.69) is 27.2 Å². The molecule has 1 aromatic rings. The highest BCUT2D eigenvalue weighted by Crippen LogP contribution is 2.24. The lowest BCUT2D eigenvalue weighted by Gasteiger charge is -2.21. The second kappa shape index (κ2) is 4.98. The van der Waals surface area contributed by atoms with E-state index < -0.39 is 10.5 Å². The van der Waals surface area contributed by atoms with Crippen LogP contribution in [0.3, 0.4) is 0 Å². The summed E-state index contributed by atoms with van der Waals surface area (Å²) < 4.78 is 8.84. The zero-order valence-electron chi connectivity index (χ0n) is 8.27. The molecule has 1 atom stereocenters. The number of ether oxygens (including phenoxy) is 2. The topological polar surface area (TPSA) is 35.5 Å². The minimum Gasteiger partial charge on any atom is -0.465 e. The van der Waals surface area contributed by atoms with Crippen molar-refractivity contribution in [3.8, 4) is 5.75 Å². The van der Waals surface area contributed by atoms with E-state index in [-0.39, 0.29) is 0 Å². The van der Waals surface area contributed by atoms with Crippen molar-refractivity contribution in [2.24, 2.45) is 0 Å². The molecule has 0 N–H and O–H groups in total. The molecule has 0 saturated carbocycles. The second-order valence-corrected chi connectivity index (χ2v) is 4.42. The predicted molar refractivity (Wildman–Crippen MR) is 60.7 cm³/mol. The van der Waals surface area contributed by atoms with Crippen molar-refractivity contribution in [3.05, 3.63) is 43.2 Å². The average molecular weight is 271 g/mol. The molecule has 0 spiro atoms. The minimum absolute atomic E-state index is 0.554. The molecular weight excluding hydrogens is 260 g/mol. The first kappa shape index (κ1) is 11.8. The first-order valence-electron chi connectivity index (χ1n) is 4.31. The molecule has 1 unspecified atom stereocenters. The first-order chi connectivity index (χ1) is 7.06. The fourth-order valence-corrected chi connectivity index (χ4v) is 1.21. The van der Waals surface area contributed by atoms with Crippen LogP contribution < -0.4 is 4.74 Å². The number of benzene rings is 1. The number of para-hydroxylation sites is 1. The first-order valence-corrected chi connectivity index (χ1v) is 5.10. The summed E-state index contributed by atoms with van der Waals surface area (Å²) in [5, 5.41) is 0. The van der Waals surface area contributed by atoms with Gasteiger partial charge in [-0.15, -0.1) is 0 Å². The van der Waals surface area contributed by atoms with E-state index in [1.54, 1.807) is 19.1 Å². The molecule has 0 aliphatic heterocycles. The van der Waals surface area contributed by atoms with Gasteiger partial charge in [0.2, 0.25) is 0 Å². The van der Waals surface area contributed by atoms with E-state index in [1.807, 2.05) is 18.2 Å². The Morgan fingerprint density at radius 3 is 2.60 bits per heavy atom. The largest absolute Gasteiger partial charge is 0.465 e. The highest BCUT2D eigenvalue weighted by atomic mass is 79.9. The monoisotopic (exact) mass is 270 g/mol. The van der Waals surface area contributed by atoms with Crippen LogP contribution in [0.25, 0.3) is 0 Å². The molecule has 0 aliphatic carbocycles. The van der Waals surface area contributed by atoms with E-state index in [4.69, 9.17) is 4.74 Å². The van der Waals surface area contributed by atoms with Gasteiger partial charge >= 0.3 is 5.97 Å². The standard InChI is InChI=1S/C11H11BrO3/c1-3-14-10(13)11(2,12)15-9-7-5-4-6-8-9/h3-8H,1H2,2H3. The average Bonchev–Trinajstić information content (AvgIpc) is 2.19.